The normalized spacial score (nSPS) is 18.2. The maximum atomic E-state index is 13.2. The molecule has 18 heavy (non-hydrogen) atoms. The van der Waals surface area contributed by atoms with E-state index in [0.29, 0.717) is 0 Å². The van der Waals surface area contributed by atoms with E-state index in [-0.39, 0.29) is 11.9 Å². The molecule has 1 aromatic carbocycles. The van der Waals surface area contributed by atoms with Gasteiger partial charge in [0, 0.05) is 11.9 Å². The fraction of sp³-hybridized carbons (Fsp3) is 0.267. The molecular formula is C15H15FN2. The first-order valence-corrected chi connectivity index (χ1v) is 6.29. The van der Waals surface area contributed by atoms with E-state index in [9.17, 15) is 4.39 Å². The summed E-state index contributed by atoms with van der Waals surface area (Å²) in [5.74, 6) is -0.211. The van der Waals surface area contributed by atoms with Crippen LogP contribution >= 0.6 is 0 Å². The number of hydrogen-bond donors (Lipinski definition) is 1. The fourth-order valence-electron chi connectivity index (χ4n) is 2.53. The number of pyridine rings is 1. The van der Waals surface area contributed by atoms with Crippen LogP contribution in [-0.2, 0) is 6.42 Å². The van der Waals surface area contributed by atoms with Crippen LogP contribution in [0.5, 0.6) is 0 Å². The van der Waals surface area contributed by atoms with Crippen LogP contribution in [0.4, 0.5) is 10.1 Å². The molecule has 0 amide bonds. The molecular weight excluding hydrogens is 227 g/mol. The lowest BCUT2D eigenvalue weighted by atomic mass is 9.92. The molecule has 0 spiro atoms. The zero-order valence-electron chi connectivity index (χ0n) is 10.1. The van der Waals surface area contributed by atoms with Gasteiger partial charge in [-0.15, -0.1) is 0 Å². The Hall–Kier alpha value is -1.90. The van der Waals surface area contributed by atoms with Gasteiger partial charge >= 0.3 is 0 Å². The number of aromatic nitrogens is 1. The van der Waals surface area contributed by atoms with Gasteiger partial charge in [-0.1, -0.05) is 12.1 Å². The van der Waals surface area contributed by atoms with E-state index >= 15 is 0 Å². The third-order valence-electron chi connectivity index (χ3n) is 3.36. The van der Waals surface area contributed by atoms with Crippen molar-refractivity contribution in [1.82, 2.24) is 4.98 Å². The summed E-state index contributed by atoms with van der Waals surface area (Å²) in [6.07, 6.45) is 5.10. The Morgan fingerprint density at radius 1 is 1.22 bits per heavy atom. The molecule has 0 saturated carbocycles. The summed E-state index contributed by atoms with van der Waals surface area (Å²) in [5, 5.41) is 3.38. The number of hydrogen-bond acceptors (Lipinski definition) is 2. The van der Waals surface area contributed by atoms with E-state index < -0.39 is 0 Å². The van der Waals surface area contributed by atoms with Crippen LogP contribution < -0.4 is 5.32 Å². The van der Waals surface area contributed by atoms with Crippen LogP contribution in [0.3, 0.4) is 0 Å². The van der Waals surface area contributed by atoms with Crippen molar-refractivity contribution < 1.29 is 4.39 Å². The Bertz CT molecular complexity index is 554. The number of nitrogens with one attached hydrogen (secondary N) is 1. The lowest BCUT2D eigenvalue weighted by Gasteiger charge is -2.26. The zero-order valence-corrected chi connectivity index (χ0v) is 10.1. The van der Waals surface area contributed by atoms with Gasteiger partial charge in [-0.05, 0) is 49.1 Å². The first-order chi connectivity index (χ1) is 8.83. The Labute approximate surface area is 106 Å². The third-order valence-corrected chi connectivity index (χ3v) is 3.36. The van der Waals surface area contributed by atoms with Gasteiger partial charge in [0.05, 0.1) is 11.7 Å². The fourth-order valence-corrected chi connectivity index (χ4v) is 2.53. The van der Waals surface area contributed by atoms with Crippen molar-refractivity contribution in [3.63, 3.8) is 0 Å². The Morgan fingerprint density at radius 3 is 3.06 bits per heavy atom. The highest BCUT2D eigenvalue weighted by Crippen LogP contribution is 2.30. The molecule has 3 heteroatoms. The number of anilines is 1. The number of benzene rings is 1. The second-order valence-electron chi connectivity index (χ2n) is 4.65. The van der Waals surface area contributed by atoms with Crippen LogP contribution in [0.15, 0.2) is 42.6 Å². The van der Waals surface area contributed by atoms with E-state index in [1.807, 2.05) is 18.3 Å². The molecule has 1 N–H and O–H groups in total. The first kappa shape index (κ1) is 11.2. The number of aryl methyl sites for hydroxylation is 1. The van der Waals surface area contributed by atoms with Gasteiger partial charge < -0.3 is 5.32 Å². The van der Waals surface area contributed by atoms with Crippen LogP contribution in [0.2, 0.25) is 0 Å². The minimum Gasteiger partial charge on any atom is -0.377 e. The highest BCUT2D eigenvalue weighted by atomic mass is 19.1. The third kappa shape index (κ3) is 2.21. The van der Waals surface area contributed by atoms with Gasteiger partial charge in [0.25, 0.3) is 0 Å². The molecule has 0 radical (unpaired) electrons. The van der Waals surface area contributed by atoms with Gasteiger partial charge in [0.1, 0.15) is 5.82 Å². The summed E-state index contributed by atoms with van der Waals surface area (Å²) in [4.78, 5) is 4.46. The summed E-state index contributed by atoms with van der Waals surface area (Å²) in [6.45, 7) is 0. The molecule has 92 valence electrons. The maximum Gasteiger partial charge on any atom is 0.125 e. The Balaban J connectivity index is 1.86. The average molecular weight is 242 g/mol. The van der Waals surface area contributed by atoms with Crippen molar-refractivity contribution in [2.24, 2.45) is 0 Å². The maximum absolute atomic E-state index is 13.2. The van der Waals surface area contributed by atoms with Crippen molar-refractivity contribution in [1.29, 1.82) is 0 Å². The van der Waals surface area contributed by atoms with Gasteiger partial charge in [-0.3, -0.25) is 4.98 Å². The predicted molar refractivity (Wildman–Crippen MR) is 69.9 cm³/mol. The minimum atomic E-state index is -0.211. The predicted octanol–water partition coefficient (Wildman–Crippen LogP) is 3.71. The largest absolute Gasteiger partial charge is 0.377 e. The molecule has 1 atom stereocenters. The molecule has 1 aromatic heterocycles. The monoisotopic (exact) mass is 242 g/mol. The van der Waals surface area contributed by atoms with E-state index in [2.05, 4.69) is 16.4 Å². The van der Waals surface area contributed by atoms with Crippen molar-refractivity contribution >= 4 is 5.69 Å². The molecule has 3 rings (SSSR count). The molecule has 1 unspecified atom stereocenters. The van der Waals surface area contributed by atoms with Crippen LogP contribution in [0.25, 0.3) is 0 Å². The van der Waals surface area contributed by atoms with E-state index in [0.717, 1.165) is 30.6 Å². The van der Waals surface area contributed by atoms with Crippen LogP contribution in [0.1, 0.15) is 30.1 Å². The number of halogens is 1. The van der Waals surface area contributed by atoms with Crippen LogP contribution in [0, 0.1) is 5.82 Å². The standard InChI is InChI=1S/C15H15FN2/c16-12-6-2-7-13(10-12)18-14-8-1-4-11-5-3-9-17-15(11)14/h2-3,5-7,9-10,14,18H,1,4,8H2. The Kier molecular flexibility index (Phi) is 2.97. The van der Waals surface area contributed by atoms with Crippen molar-refractivity contribution in [2.45, 2.75) is 25.3 Å². The van der Waals surface area contributed by atoms with E-state index in [1.54, 1.807) is 6.07 Å². The zero-order chi connectivity index (χ0) is 12.4. The Morgan fingerprint density at radius 2 is 2.17 bits per heavy atom. The topological polar surface area (TPSA) is 24.9 Å². The summed E-state index contributed by atoms with van der Waals surface area (Å²) >= 11 is 0. The van der Waals surface area contributed by atoms with E-state index in [4.69, 9.17) is 0 Å². The highest BCUT2D eigenvalue weighted by molar-refractivity contribution is 5.46. The minimum absolute atomic E-state index is 0.191. The number of nitrogens with zero attached hydrogens (tertiary/aromatic N) is 1. The van der Waals surface area contributed by atoms with Crippen LogP contribution in [-0.4, -0.2) is 4.98 Å². The van der Waals surface area contributed by atoms with Gasteiger partial charge in [0.15, 0.2) is 0 Å². The van der Waals surface area contributed by atoms with Gasteiger partial charge in [0.2, 0.25) is 0 Å². The molecule has 0 bridgehead atoms. The highest BCUT2D eigenvalue weighted by Gasteiger charge is 2.20. The van der Waals surface area contributed by atoms with Crippen molar-refractivity contribution in [3.05, 3.63) is 59.7 Å². The second kappa shape index (κ2) is 4.77. The molecule has 2 nitrogen and oxygen atoms in total. The lowest BCUT2D eigenvalue weighted by molar-refractivity contribution is 0.582. The second-order valence-corrected chi connectivity index (χ2v) is 4.65. The quantitative estimate of drug-likeness (QED) is 0.868. The molecule has 1 aliphatic carbocycles. The number of fused-ring (bicyclic) bond motifs is 1. The number of rotatable bonds is 2. The molecule has 1 aliphatic rings. The molecule has 0 fully saturated rings. The molecule has 0 aliphatic heterocycles. The molecule has 2 aromatic rings. The van der Waals surface area contributed by atoms with Crippen molar-refractivity contribution in [3.8, 4) is 0 Å². The summed E-state index contributed by atoms with van der Waals surface area (Å²) in [5.41, 5.74) is 3.23. The van der Waals surface area contributed by atoms with Crippen molar-refractivity contribution in [2.75, 3.05) is 5.32 Å². The summed E-state index contributed by atoms with van der Waals surface area (Å²) in [6, 6.07) is 10.9. The smallest absolute Gasteiger partial charge is 0.125 e. The molecule has 0 saturated heterocycles. The van der Waals surface area contributed by atoms with Gasteiger partial charge in [-0.2, -0.15) is 0 Å². The lowest BCUT2D eigenvalue weighted by Crippen LogP contribution is -2.18. The first-order valence-electron chi connectivity index (χ1n) is 6.29. The average Bonchev–Trinajstić information content (AvgIpc) is 2.39. The SMILES string of the molecule is Fc1cccc(NC2CCCc3cccnc32)c1. The van der Waals surface area contributed by atoms with E-state index in [1.165, 1.54) is 17.7 Å². The molecule has 1 heterocycles. The van der Waals surface area contributed by atoms with Gasteiger partial charge in [-0.25, -0.2) is 4.39 Å². The summed E-state index contributed by atoms with van der Waals surface area (Å²) in [7, 11) is 0. The summed E-state index contributed by atoms with van der Waals surface area (Å²) < 4.78 is 13.2.